The molecule has 1 N–H and O–H groups in total. The zero-order valence-corrected chi connectivity index (χ0v) is 11.1. The second kappa shape index (κ2) is 6.39. The van der Waals surface area contributed by atoms with E-state index in [0.717, 1.165) is 11.3 Å². The van der Waals surface area contributed by atoms with E-state index < -0.39 is 0 Å². The third-order valence-electron chi connectivity index (χ3n) is 2.70. The average Bonchev–Trinajstić information content (AvgIpc) is 2.44. The molecule has 0 aliphatic heterocycles. The van der Waals surface area contributed by atoms with Gasteiger partial charge in [0.15, 0.2) is 0 Å². The predicted molar refractivity (Wildman–Crippen MR) is 76.6 cm³/mol. The fraction of sp³-hybridized carbons (Fsp3) is 0.125. The molecule has 0 aromatic heterocycles. The Labute approximate surface area is 117 Å². The van der Waals surface area contributed by atoms with Gasteiger partial charge in [0.1, 0.15) is 17.9 Å². The molecule has 0 spiro atoms. The maximum Gasteiger partial charge on any atom is 0.238 e. The molecule has 0 aliphatic carbocycles. The monoisotopic (exact) mass is 266 g/mol. The zero-order chi connectivity index (χ0) is 14.4. The number of anilines is 1. The number of benzene rings is 2. The van der Waals surface area contributed by atoms with E-state index in [-0.39, 0.29) is 12.3 Å². The van der Waals surface area contributed by atoms with Crippen LogP contribution >= 0.6 is 0 Å². The lowest BCUT2D eigenvalue weighted by Crippen LogP contribution is -2.09. The van der Waals surface area contributed by atoms with Crippen LogP contribution in [-0.2, 0) is 4.79 Å². The molecule has 0 saturated carbocycles. The summed E-state index contributed by atoms with van der Waals surface area (Å²) in [4.78, 5) is 11.3. The molecule has 20 heavy (non-hydrogen) atoms. The molecule has 0 radical (unpaired) electrons. The molecule has 1 amide bonds. The summed E-state index contributed by atoms with van der Waals surface area (Å²) in [7, 11) is 0. The molecule has 100 valence electrons. The summed E-state index contributed by atoms with van der Waals surface area (Å²) in [6.45, 7) is 1.98. The van der Waals surface area contributed by atoms with Crippen molar-refractivity contribution in [2.24, 2.45) is 0 Å². The Bertz CT molecular complexity index is 642. The Kier molecular flexibility index (Phi) is 4.35. The van der Waals surface area contributed by atoms with Crippen LogP contribution in [0.1, 0.15) is 12.0 Å². The Morgan fingerprint density at radius 1 is 1.20 bits per heavy atom. The molecular formula is C16H14N2O2. The van der Waals surface area contributed by atoms with Crippen molar-refractivity contribution in [2.75, 3.05) is 5.32 Å². The highest BCUT2D eigenvalue weighted by molar-refractivity contribution is 5.92. The summed E-state index contributed by atoms with van der Waals surface area (Å²) in [5.41, 5.74) is 1.70. The van der Waals surface area contributed by atoms with Crippen LogP contribution in [0.5, 0.6) is 11.5 Å². The summed E-state index contributed by atoms with van der Waals surface area (Å²) in [6.07, 6.45) is -0.151. The molecule has 2 rings (SSSR count). The first-order valence-electron chi connectivity index (χ1n) is 6.19. The first-order valence-corrected chi connectivity index (χ1v) is 6.19. The largest absolute Gasteiger partial charge is 0.457 e. The van der Waals surface area contributed by atoms with Crippen LogP contribution in [-0.4, -0.2) is 5.91 Å². The highest BCUT2D eigenvalue weighted by Crippen LogP contribution is 2.25. The van der Waals surface area contributed by atoms with E-state index in [9.17, 15) is 4.79 Å². The number of carbonyl (C=O) groups excluding carboxylic acids is 1. The van der Waals surface area contributed by atoms with Crippen LogP contribution in [0.2, 0.25) is 0 Å². The van der Waals surface area contributed by atoms with E-state index in [0.29, 0.717) is 11.4 Å². The number of para-hydroxylation sites is 1. The first kappa shape index (κ1) is 13.6. The normalized spacial score (nSPS) is 9.60. The van der Waals surface area contributed by atoms with Crippen molar-refractivity contribution in [3.63, 3.8) is 0 Å². The van der Waals surface area contributed by atoms with Crippen molar-refractivity contribution < 1.29 is 9.53 Å². The number of aryl methyl sites for hydroxylation is 1. The quantitative estimate of drug-likeness (QED) is 0.918. The number of nitriles is 1. The molecule has 0 aliphatic rings. The number of nitrogens with one attached hydrogen (secondary N) is 1. The van der Waals surface area contributed by atoms with Gasteiger partial charge in [0.05, 0.1) is 6.07 Å². The molecule has 2 aromatic rings. The standard InChI is InChI=1S/C16H14N2O2/c1-12-4-2-3-5-15(12)20-14-8-6-13(7-9-14)18-16(19)10-11-17/h2-9H,10H2,1H3,(H,18,19). The SMILES string of the molecule is Cc1ccccc1Oc1ccc(NC(=O)CC#N)cc1. The number of amides is 1. The summed E-state index contributed by atoms with van der Waals surface area (Å²) >= 11 is 0. The smallest absolute Gasteiger partial charge is 0.238 e. The summed E-state index contributed by atoms with van der Waals surface area (Å²) in [5, 5.41) is 11.0. The molecule has 0 fully saturated rings. The van der Waals surface area contributed by atoms with Crippen molar-refractivity contribution in [1.29, 1.82) is 5.26 Å². The van der Waals surface area contributed by atoms with E-state index in [2.05, 4.69) is 5.32 Å². The van der Waals surface area contributed by atoms with Crippen LogP contribution in [0.4, 0.5) is 5.69 Å². The number of carbonyl (C=O) groups is 1. The number of nitrogens with zero attached hydrogens (tertiary/aromatic N) is 1. The van der Waals surface area contributed by atoms with E-state index in [1.165, 1.54) is 0 Å². The Morgan fingerprint density at radius 2 is 1.90 bits per heavy atom. The number of ether oxygens (including phenoxy) is 1. The van der Waals surface area contributed by atoms with Gasteiger partial charge in [-0.1, -0.05) is 18.2 Å². The lowest BCUT2D eigenvalue weighted by molar-refractivity contribution is -0.115. The molecule has 4 nitrogen and oxygen atoms in total. The lowest BCUT2D eigenvalue weighted by atomic mass is 10.2. The molecule has 0 saturated heterocycles. The van der Waals surface area contributed by atoms with Gasteiger partial charge < -0.3 is 10.1 Å². The van der Waals surface area contributed by atoms with Crippen molar-refractivity contribution in [3.05, 3.63) is 54.1 Å². The zero-order valence-electron chi connectivity index (χ0n) is 11.1. The van der Waals surface area contributed by atoms with Gasteiger partial charge in [-0.15, -0.1) is 0 Å². The minimum Gasteiger partial charge on any atom is -0.457 e. The first-order chi connectivity index (χ1) is 9.69. The minimum absolute atomic E-state index is 0.151. The van der Waals surface area contributed by atoms with Crippen LogP contribution in [0.3, 0.4) is 0 Å². The van der Waals surface area contributed by atoms with Gasteiger partial charge in [-0.05, 0) is 42.8 Å². The molecule has 2 aromatic carbocycles. The highest BCUT2D eigenvalue weighted by atomic mass is 16.5. The van der Waals surface area contributed by atoms with E-state index >= 15 is 0 Å². The predicted octanol–water partition coefficient (Wildman–Crippen LogP) is 3.64. The highest BCUT2D eigenvalue weighted by Gasteiger charge is 2.03. The van der Waals surface area contributed by atoms with Gasteiger partial charge in [-0.3, -0.25) is 4.79 Å². The molecule has 0 bridgehead atoms. The van der Waals surface area contributed by atoms with Crippen molar-refractivity contribution >= 4 is 11.6 Å². The van der Waals surface area contributed by atoms with Gasteiger partial charge in [0.2, 0.25) is 5.91 Å². The minimum atomic E-state index is -0.319. The summed E-state index contributed by atoms with van der Waals surface area (Å²) in [6, 6.07) is 16.6. The second-order valence-electron chi connectivity index (χ2n) is 4.28. The number of hydrogen-bond donors (Lipinski definition) is 1. The van der Waals surface area contributed by atoms with Gasteiger partial charge in [0.25, 0.3) is 0 Å². The van der Waals surface area contributed by atoms with Crippen molar-refractivity contribution in [1.82, 2.24) is 0 Å². The maximum absolute atomic E-state index is 11.3. The average molecular weight is 266 g/mol. The fourth-order valence-corrected chi connectivity index (χ4v) is 1.68. The topological polar surface area (TPSA) is 62.1 Å². The van der Waals surface area contributed by atoms with E-state index in [1.54, 1.807) is 30.3 Å². The molecule has 4 heteroatoms. The maximum atomic E-state index is 11.3. The van der Waals surface area contributed by atoms with E-state index in [4.69, 9.17) is 10.00 Å². The van der Waals surface area contributed by atoms with Gasteiger partial charge in [0, 0.05) is 5.69 Å². The Hall–Kier alpha value is -2.80. The third kappa shape index (κ3) is 3.59. The number of hydrogen-bond acceptors (Lipinski definition) is 3. The third-order valence-corrected chi connectivity index (χ3v) is 2.70. The van der Waals surface area contributed by atoms with Gasteiger partial charge in [-0.25, -0.2) is 0 Å². The van der Waals surface area contributed by atoms with Crippen LogP contribution in [0, 0.1) is 18.3 Å². The van der Waals surface area contributed by atoms with Crippen molar-refractivity contribution in [2.45, 2.75) is 13.3 Å². The lowest BCUT2D eigenvalue weighted by Gasteiger charge is -2.09. The van der Waals surface area contributed by atoms with Gasteiger partial charge >= 0.3 is 0 Å². The Morgan fingerprint density at radius 3 is 2.55 bits per heavy atom. The Balaban J connectivity index is 2.04. The van der Waals surface area contributed by atoms with Crippen LogP contribution in [0.15, 0.2) is 48.5 Å². The van der Waals surface area contributed by atoms with Crippen LogP contribution < -0.4 is 10.1 Å². The second-order valence-corrected chi connectivity index (χ2v) is 4.28. The van der Waals surface area contributed by atoms with Gasteiger partial charge in [-0.2, -0.15) is 5.26 Å². The summed E-state index contributed by atoms with van der Waals surface area (Å²) < 4.78 is 5.75. The molecule has 0 unspecified atom stereocenters. The fourth-order valence-electron chi connectivity index (χ4n) is 1.68. The molecule has 0 heterocycles. The van der Waals surface area contributed by atoms with Crippen LogP contribution in [0.25, 0.3) is 0 Å². The van der Waals surface area contributed by atoms with E-state index in [1.807, 2.05) is 31.2 Å². The molecular weight excluding hydrogens is 252 g/mol. The van der Waals surface area contributed by atoms with Crippen molar-refractivity contribution in [3.8, 4) is 17.6 Å². The molecule has 0 atom stereocenters. The summed E-state index contributed by atoms with van der Waals surface area (Å²) in [5.74, 6) is 1.17. The number of rotatable bonds is 4.